The van der Waals surface area contributed by atoms with Gasteiger partial charge in [0.1, 0.15) is 12.1 Å². The van der Waals surface area contributed by atoms with Gasteiger partial charge in [-0.1, -0.05) is 37.3 Å². The van der Waals surface area contributed by atoms with Crippen molar-refractivity contribution in [2.75, 3.05) is 5.32 Å². The molecule has 0 bridgehead atoms. The molecule has 0 radical (unpaired) electrons. The van der Waals surface area contributed by atoms with E-state index in [0.717, 1.165) is 23.3 Å². The minimum atomic E-state index is 0.0456. The number of anilines is 1. The maximum absolute atomic E-state index is 4.46. The Hall–Kier alpha value is -2.73. The number of nitrogens with zero attached hydrogens (tertiary/aromatic N) is 4. The zero-order chi connectivity index (χ0) is 17.2. The molecule has 0 aliphatic heterocycles. The van der Waals surface area contributed by atoms with Gasteiger partial charge in [0.15, 0.2) is 5.65 Å². The van der Waals surface area contributed by atoms with Gasteiger partial charge in [-0.05, 0) is 29.0 Å². The van der Waals surface area contributed by atoms with E-state index >= 15 is 0 Å². The highest BCUT2D eigenvalue weighted by Gasteiger charge is 2.18. The molecule has 5 nitrogen and oxygen atoms in total. The van der Waals surface area contributed by atoms with Crippen molar-refractivity contribution in [3.05, 3.63) is 70.3 Å². The third-order valence-electron chi connectivity index (χ3n) is 4.36. The van der Waals surface area contributed by atoms with Gasteiger partial charge in [0.05, 0.1) is 17.6 Å². The summed E-state index contributed by atoms with van der Waals surface area (Å²) >= 11 is 1.74. The molecule has 1 aromatic carbocycles. The monoisotopic (exact) mass is 349 g/mol. The smallest absolute Gasteiger partial charge is 0.163 e. The van der Waals surface area contributed by atoms with Crippen LogP contribution in [0.3, 0.4) is 0 Å². The van der Waals surface area contributed by atoms with Crippen molar-refractivity contribution in [1.82, 2.24) is 19.7 Å². The Labute approximate surface area is 150 Å². The standard InChI is InChI=1S/C19H19N5S/c1-3-13-6-8-14(9-7-13)17(16-5-4-10-25-16)23-18-15-11-22-24(2)19(15)21-12-20-18/h4-12,17H,3H2,1-2H3,(H,20,21,23). The number of aromatic nitrogens is 4. The molecule has 4 aromatic rings. The highest BCUT2D eigenvalue weighted by molar-refractivity contribution is 7.10. The lowest BCUT2D eigenvalue weighted by molar-refractivity contribution is 0.785. The maximum atomic E-state index is 4.46. The van der Waals surface area contributed by atoms with Gasteiger partial charge in [0.25, 0.3) is 0 Å². The second-order valence-corrected chi connectivity index (χ2v) is 6.89. The van der Waals surface area contributed by atoms with E-state index in [0.29, 0.717) is 0 Å². The van der Waals surface area contributed by atoms with E-state index in [2.05, 4.69) is 69.1 Å². The first kappa shape index (κ1) is 15.8. The summed E-state index contributed by atoms with van der Waals surface area (Å²) in [6, 6.07) is 13.0. The zero-order valence-corrected chi connectivity index (χ0v) is 15.0. The van der Waals surface area contributed by atoms with Crippen LogP contribution in [0.4, 0.5) is 5.82 Å². The van der Waals surface area contributed by atoms with Crippen LogP contribution in [0.2, 0.25) is 0 Å². The number of hydrogen-bond acceptors (Lipinski definition) is 5. The highest BCUT2D eigenvalue weighted by atomic mass is 32.1. The van der Waals surface area contributed by atoms with Crippen LogP contribution in [0.15, 0.2) is 54.3 Å². The van der Waals surface area contributed by atoms with E-state index in [4.69, 9.17) is 0 Å². The van der Waals surface area contributed by atoms with Crippen LogP contribution >= 0.6 is 11.3 Å². The van der Waals surface area contributed by atoms with Gasteiger partial charge in [-0.15, -0.1) is 11.3 Å². The van der Waals surface area contributed by atoms with Gasteiger partial charge in [-0.2, -0.15) is 5.10 Å². The first-order chi connectivity index (χ1) is 12.3. The summed E-state index contributed by atoms with van der Waals surface area (Å²) in [7, 11) is 1.89. The zero-order valence-electron chi connectivity index (χ0n) is 14.2. The number of hydrogen-bond donors (Lipinski definition) is 1. The number of thiophene rings is 1. The molecule has 0 aliphatic carbocycles. The van der Waals surface area contributed by atoms with Crippen molar-refractivity contribution in [3.63, 3.8) is 0 Å². The average molecular weight is 349 g/mol. The molecule has 1 unspecified atom stereocenters. The molecule has 0 amide bonds. The van der Waals surface area contributed by atoms with E-state index in [1.165, 1.54) is 16.0 Å². The summed E-state index contributed by atoms with van der Waals surface area (Å²) in [5.41, 5.74) is 3.38. The molecule has 3 aromatic heterocycles. The summed E-state index contributed by atoms with van der Waals surface area (Å²) in [5, 5.41) is 10.9. The normalized spacial score (nSPS) is 12.4. The van der Waals surface area contributed by atoms with Gasteiger partial charge >= 0.3 is 0 Å². The lowest BCUT2D eigenvalue weighted by Crippen LogP contribution is -2.12. The quantitative estimate of drug-likeness (QED) is 0.587. The van der Waals surface area contributed by atoms with Gasteiger partial charge in [-0.3, -0.25) is 4.68 Å². The molecule has 3 heterocycles. The van der Waals surface area contributed by atoms with Crippen LogP contribution in [-0.2, 0) is 13.5 Å². The Morgan fingerprint density at radius 2 is 2.00 bits per heavy atom. The third kappa shape index (κ3) is 3.00. The molecule has 4 rings (SSSR count). The van der Waals surface area contributed by atoms with Crippen molar-refractivity contribution in [3.8, 4) is 0 Å². The Morgan fingerprint density at radius 3 is 2.72 bits per heavy atom. The summed E-state index contributed by atoms with van der Waals surface area (Å²) in [6.07, 6.45) is 4.43. The van der Waals surface area contributed by atoms with Crippen LogP contribution in [-0.4, -0.2) is 19.7 Å². The molecule has 0 spiro atoms. The molecule has 1 atom stereocenters. The fourth-order valence-electron chi connectivity index (χ4n) is 2.93. The Kier molecular flexibility index (Phi) is 4.19. The summed E-state index contributed by atoms with van der Waals surface area (Å²) in [5.74, 6) is 0.802. The van der Waals surface area contributed by atoms with Crippen molar-refractivity contribution >= 4 is 28.2 Å². The van der Waals surface area contributed by atoms with E-state index < -0.39 is 0 Å². The van der Waals surface area contributed by atoms with Gasteiger partial charge in [0, 0.05) is 11.9 Å². The molecule has 126 valence electrons. The fraction of sp³-hybridized carbons (Fsp3) is 0.211. The van der Waals surface area contributed by atoms with Crippen molar-refractivity contribution in [2.24, 2.45) is 7.05 Å². The number of rotatable bonds is 5. The molecule has 0 saturated carbocycles. The topological polar surface area (TPSA) is 55.6 Å². The van der Waals surface area contributed by atoms with Crippen molar-refractivity contribution in [2.45, 2.75) is 19.4 Å². The van der Waals surface area contributed by atoms with Crippen LogP contribution in [0.1, 0.15) is 29.0 Å². The molecular weight excluding hydrogens is 330 g/mol. The highest BCUT2D eigenvalue weighted by Crippen LogP contribution is 2.31. The molecule has 0 saturated heterocycles. The Bertz CT molecular complexity index is 973. The largest absolute Gasteiger partial charge is 0.358 e. The average Bonchev–Trinajstić information content (AvgIpc) is 3.31. The van der Waals surface area contributed by atoms with Gasteiger partial charge in [-0.25, -0.2) is 9.97 Å². The first-order valence-electron chi connectivity index (χ1n) is 8.27. The minimum absolute atomic E-state index is 0.0456. The maximum Gasteiger partial charge on any atom is 0.163 e. The van der Waals surface area contributed by atoms with E-state index in [9.17, 15) is 0 Å². The second kappa shape index (κ2) is 6.64. The number of aryl methyl sites for hydroxylation is 2. The number of fused-ring (bicyclic) bond motifs is 1. The van der Waals surface area contributed by atoms with Crippen LogP contribution < -0.4 is 5.32 Å². The predicted molar refractivity (Wildman–Crippen MR) is 102 cm³/mol. The SMILES string of the molecule is CCc1ccc(C(Nc2ncnc3c2cnn3C)c2cccs2)cc1. The minimum Gasteiger partial charge on any atom is -0.358 e. The molecule has 0 aliphatic rings. The Balaban J connectivity index is 1.75. The second-order valence-electron chi connectivity index (χ2n) is 5.92. The summed E-state index contributed by atoms with van der Waals surface area (Å²) in [4.78, 5) is 10.0. The molecule has 25 heavy (non-hydrogen) atoms. The van der Waals surface area contributed by atoms with Crippen LogP contribution in [0, 0.1) is 0 Å². The fourth-order valence-corrected chi connectivity index (χ4v) is 3.74. The van der Waals surface area contributed by atoms with E-state index in [1.807, 2.05) is 13.2 Å². The van der Waals surface area contributed by atoms with Crippen molar-refractivity contribution in [1.29, 1.82) is 0 Å². The lowest BCUT2D eigenvalue weighted by Gasteiger charge is -2.19. The number of benzene rings is 1. The van der Waals surface area contributed by atoms with E-state index in [1.54, 1.807) is 22.3 Å². The molecule has 0 fully saturated rings. The molecule has 6 heteroatoms. The Morgan fingerprint density at radius 1 is 1.16 bits per heavy atom. The van der Waals surface area contributed by atoms with Gasteiger partial charge < -0.3 is 5.32 Å². The first-order valence-corrected chi connectivity index (χ1v) is 9.15. The summed E-state index contributed by atoms with van der Waals surface area (Å²) < 4.78 is 1.76. The molecule has 1 N–H and O–H groups in total. The lowest BCUT2D eigenvalue weighted by atomic mass is 10.0. The number of nitrogens with one attached hydrogen (secondary N) is 1. The van der Waals surface area contributed by atoms with Crippen LogP contribution in [0.5, 0.6) is 0 Å². The summed E-state index contributed by atoms with van der Waals surface area (Å²) in [6.45, 7) is 2.17. The van der Waals surface area contributed by atoms with Crippen LogP contribution in [0.25, 0.3) is 11.0 Å². The molecular formula is C19H19N5S. The van der Waals surface area contributed by atoms with Gasteiger partial charge in [0.2, 0.25) is 0 Å². The van der Waals surface area contributed by atoms with E-state index in [-0.39, 0.29) is 6.04 Å². The van der Waals surface area contributed by atoms with Crippen molar-refractivity contribution < 1.29 is 0 Å². The third-order valence-corrected chi connectivity index (χ3v) is 5.30. The predicted octanol–water partition coefficient (Wildman–Crippen LogP) is 4.19.